The normalized spacial score (nSPS) is 24.2. The Morgan fingerprint density at radius 3 is 2.67 bits per heavy atom. The Morgan fingerprint density at radius 2 is 2.08 bits per heavy atom. The molecule has 0 aliphatic carbocycles. The first kappa shape index (κ1) is 16.7. The minimum absolute atomic E-state index is 0.207. The number of nitrogens with two attached hydrogens (primary N) is 1. The first-order valence-corrected chi connectivity index (χ1v) is 8.61. The van der Waals surface area contributed by atoms with Crippen LogP contribution in [0.5, 0.6) is 0 Å². The topological polar surface area (TPSA) is 91.6 Å². The lowest BCUT2D eigenvalue weighted by atomic mass is 9.92. The summed E-state index contributed by atoms with van der Waals surface area (Å²) < 4.78 is 0. The molecule has 0 aromatic carbocycles. The van der Waals surface area contributed by atoms with Crippen molar-refractivity contribution in [3.8, 4) is 0 Å². The number of hydrogen-bond donors (Lipinski definition) is 2. The minimum Gasteiger partial charge on any atom is -0.365 e. The summed E-state index contributed by atoms with van der Waals surface area (Å²) in [7, 11) is 0. The highest BCUT2D eigenvalue weighted by Gasteiger charge is 2.42. The number of pyridine rings is 1. The Morgan fingerprint density at radius 1 is 1.33 bits per heavy atom. The predicted octanol–water partition coefficient (Wildman–Crippen LogP) is 0.361. The van der Waals surface area contributed by atoms with Gasteiger partial charge in [0.1, 0.15) is 5.82 Å². The number of carbonyl (C=O) groups excluding carboxylic acids is 2. The van der Waals surface area contributed by atoms with Crippen LogP contribution in [0.15, 0.2) is 18.3 Å². The van der Waals surface area contributed by atoms with Gasteiger partial charge in [0.2, 0.25) is 5.91 Å². The molecule has 0 radical (unpaired) electrons. The summed E-state index contributed by atoms with van der Waals surface area (Å²) in [5, 5.41) is 3.41. The van der Waals surface area contributed by atoms with E-state index in [0.717, 1.165) is 25.8 Å². The molecule has 24 heavy (non-hydrogen) atoms. The van der Waals surface area contributed by atoms with Gasteiger partial charge in [0.05, 0.1) is 11.1 Å². The van der Waals surface area contributed by atoms with Crippen LogP contribution in [0.1, 0.15) is 36.5 Å². The molecule has 2 aliphatic heterocycles. The molecule has 2 saturated heterocycles. The number of rotatable bonds is 4. The lowest BCUT2D eigenvalue weighted by Gasteiger charge is -2.40. The minimum atomic E-state index is -0.475. The van der Waals surface area contributed by atoms with Crippen LogP contribution in [-0.2, 0) is 4.79 Å². The van der Waals surface area contributed by atoms with Crippen LogP contribution in [0.2, 0.25) is 0 Å². The Balaban J connectivity index is 1.68. The molecule has 2 amide bonds. The molecule has 2 fully saturated rings. The van der Waals surface area contributed by atoms with Gasteiger partial charge in [-0.15, -0.1) is 0 Å². The predicted molar refractivity (Wildman–Crippen MR) is 91.8 cm³/mol. The van der Waals surface area contributed by atoms with Gasteiger partial charge in [0.25, 0.3) is 5.91 Å². The molecule has 0 saturated carbocycles. The van der Waals surface area contributed by atoms with Gasteiger partial charge in [-0.2, -0.15) is 0 Å². The standard InChI is InChI=1S/C17H25N5O2/c1-2-17(6-4-8-20-17)16(24)22-11-9-21(10-12-22)15-13(14(18)23)5-3-7-19-15/h3,5,7,20H,2,4,6,8-12H2,1H3,(H2,18,23). The molecule has 0 bridgehead atoms. The monoisotopic (exact) mass is 331 g/mol. The van der Waals surface area contributed by atoms with Crippen LogP contribution >= 0.6 is 0 Å². The fourth-order valence-corrected chi connectivity index (χ4v) is 3.71. The largest absolute Gasteiger partial charge is 0.365 e. The van der Waals surface area contributed by atoms with Crippen molar-refractivity contribution in [2.75, 3.05) is 37.6 Å². The zero-order chi connectivity index (χ0) is 17.2. The summed E-state index contributed by atoms with van der Waals surface area (Å²) in [6, 6.07) is 3.40. The third-order valence-electron chi connectivity index (χ3n) is 5.18. The highest BCUT2D eigenvalue weighted by atomic mass is 16.2. The Hall–Kier alpha value is -2.15. The maximum atomic E-state index is 12.9. The highest BCUT2D eigenvalue weighted by molar-refractivity contribution is 5.97. The molecule has 1 aromatic heterocycles. The van der Waals surface area contributed by atoms with E-state index in [1.54, 1.807) is 18.3 Å². The average Bonchev–Trinajstić information content (AvgIpc) is 3.11. The van der Waals surface area contributed by atoms with Gasteiger partial charge < -0.3 is 20.9 Å². The average molecular weight is 331 g/mol. The first-order chi connectivity index (χ1) is 11.6. The number of carbonyl (C=O) groups is 2. The second kappa shape index (κ2) is 6.76. The second-order valence-electron chi connectivity index (χ2n) is 6.48. The Kier molecular flexibility index (Phi) is 4.71. The molecule has 7 nitrogen and oxygen atoms in total. The maximum Gasteiger partial charge on any atom is 0.252 e. The number of primary amides is 1. The van der Waals surface area contributed by atoms with Crippen molar-refractivity contribution in [3.05, 3.63) is 23.9 Å². The molecular formula is C17H25N5O2. The van der Waals surface area contributed by atoms with E-state index < -0.39 is 5.91 Å². The number of hydrogen-bond acceptors (Lipinski definition) is 5. The number of nitrogens with zero attached hydrogens (tertiary/aromatic N) is 3. The molecule has 2 aliphatic rings. The highest BCUT2D eigenvalue weighted by Crippen LogP contribution is 2.27. The smallest absolute Gasteiger partial charge is 0.252 e. The lowest BCUT2D eigenvalue weighted by Crippen LogP contribution is -2.59. The number of nitrogens with one attached hydrogen (secondary N) is 1. The maximum absolute atomic E-state index is 12.9. The summed E-state index contributed by atoms with van der Waals surface area (Å²) >= 11 is 0. The molecular weight excluding hydrogens is 306 g/mol. The third-order valence-corrected chi connectivity index (χ3v) is 5.18. The van der Waals surface area contributed by atoms with Gasteiger partial charge in [-0.3, -0.25) is 9.59 Å². The molecule has 1 atom stereocenters. The summed E-state index contributed by atoms with van der Waals surface area (Å²) in [5.74, 6) is 0.344. The van der Waals surface area contributed by atoms with Crippen molar-refractivity contribution < 1.29 is 9.59 Å². The number of anilines is 1. The fourth-order valence-electron chi connectivity index (χ4n) is 3.71. The zero-order valence-corrected chi connectivity index (χ0v) is 14.1. The van der Waals surface area contributed by atoms with Crippen LogP contribution in [0, 0.1) is 0 Å². The van der Waals surface area contributed by atoms with Gasteiger partial charge in [0, 0.05) is 32.4 Å². The lowest BCUT2D eigenvalue weighted by molar-refractivity contribution is -0.138. The van der Waals surface area contributed by atoms with Gasteiger partial charge in [-0.1, -0.05) is 6.92 Å². The van der Waals surface area contributed by atoms with Crippen molar-refractivity contribution >= 4 is 17.6 Å². The van der Waals surface area contributed by atoms with E-state index in [0.29, 0.717) is 37.6 Å². The van der Waals surface area contributed by atoms with Crippen molar-refractivity contribution in [2.24, 2.45) is 5.73 Å². The number of amides is 2. The Bertz CT molecular complexity index is 619. The summed E-state index contributed by atoms with van der Waals surface area (Å²) in [4.78, 5) is 32.8. The van der Waals surface area contributed by atoms with Crippen molar-refractivity contribution in [3.63, 3.8) is 0 Å². The van der Waals surface area contributed by atoms with Crippen LogP contribution in [0.3, 0.4) is 0 Å². The van der Waals surface area contributed by atoms with E-state index in [2.05, 4.69) is 17.2 Å². The quantitative estimate of drug-likeness (QED) is 0.831. The van der Waals surface area contributed by atoms with E-state index in [1.807, 2.05) is 9.80 Å². The number of aromatic nitrogens is 1. The molecule has 1 aromatic rings. The first-order valence-electron chi connectivity index (χ1n) is 8.61. The van der Waals surface area contributed by atoms with E-state index in [1.165, 1.54) is 0 Å². The van der Waals surface area contributed by atoms with Gasteiger partial charge >= 0.3 is 0 Å². The summed E-state index contributed by atoms with van der Waals surface area (Å²) in [6.45, 7) is 5.56. The second-order valence-corrected chi connectivity index (χ2v) is 6.48. The molecule has 3 rings (SSSR count). The Labute approximate surface area is 142 Å². The van der Waals surface area contributed by atoms with Crippen molar-refractivity contribution in [1.29, 1.82) is 0 Å². The molecule has 3 heterocycles. The molecule has 3 N–H and O–H groups in total. The van der Waals surface area contributed by atoms with E-state index in [-0.39, 0.29) is 11.4 Å². The van der Waals surface area contributed by atoms with E-state index in [4.69, 9.17) is 5.73 Å². The summed E-state index contributed by atoms with van der Waals surface area (Å²) in [5.41, 5.74) is 5.48. The van der Waals surface area contributed by atoms with Crippen LogP contribution in [0.25, 0.3) is 0 Å². The van der Waals surface area contributed by atoms with Gasteiger partial charge in [0.15, 0.2) is 0 Å². The third kappa shape index (κ3) is 2.96. The summed E-state index contributed by atoms with van der Waals surface area (Å²) in [6.07, 6.45) is 4.44. The van der Waals surface area contributed by atoms with Crippen molar-refractivity contribution in [2.45, 2.75) is 31.7 Å². The molecule has 130 valence electrons. The van der Waals surface area contributed by atoms with Crippen LogP contribution < -0.4 is 16.0 Å². The SMILES string of the molecule is CCC1(C(=O)N2CCN(c3ncccc3C(N)=O)CC2)CCCN1. The van der Waals surface area contributed by atoms with Crippen LogP contribution in [-0.4, -0.2) is 60.0 Å². The number of piperazine rings is 1. The van der Waals surface area contributed by atoms with Crippen LogP contribution in [0.4, 0.5) is 5.82 Å². The fraction of sp³-hybridized carbons (Fsp3) is 0.588. The van der Waals surface area contributed by atoms with Gasteiger partial charge in [-0.05, 0) is 37.9 Å². The molecule has 0 spiro atoms. The zero-order valence-electron chi connectivity index (χ0n) is 14.1. The van der Waals surface area contributed by atoms with Crippen molar-refractivity contribution in [1.82, 2.24) is 15.2 Å². The molecule has 1 unspecified atom stereocenters. The van der Waals surface area contributed by atoms with E-state index >= 15 is 0 Å². The molecule has 7 heteroatoms. The van der Waals surface area contributed by atoms with Gasteiger partial charge in [-0.25, -0.2) is 4.98 Å². The van der Waals surface area contributed by atoms with E-state index in [9.17, 15) is 9.59 Å².